The molecule has 0 N–H and O–H groups in total. The first-order valence-electron chi connectivity index (χ1n) is 8.44. The van der Waals surface area contributed by atoms with Crippen LogP contribution in [0.4, 0.5) is 16.2 Å². The van der Waals surface area contributed by atoms with Crippen molar-refractivity contribution in [3.63, 3.8) is 0 Å². The summed E-state index contributed by atoms with van der Waals surface area (Å²) in [5.74, 6) is 0.699. The number of benzene rings is 3. The lowest BCUT2D eigenvalue weighted by molar-refractivity contribution is -0.118. The number of hydrogen-bond acceptors (Lipinski definition) is 3. The van der Waals surface area contributed by atoms with Crippen LogP contribution in [-0.2, 0) is 4.79 Å². The molecule has 6 heteroatoms. The Balaban J connectivity index is 1.76. The van der Waals surface area contributed by atoms with Gasteiger partial charge in [0.15, 0.2) is 5.75 Å². The molecule has 0 aromatic heterocycles. The zero-order valence-electron chi connectivity index (χ0n) is 14.0. The summed E-state index contributed by atoms with van der Waals surface area (Å²) in [6.45, 7) is 0. The Kier molecular flexibility index (Phi) is 3.45. The number of fused-ring (bicyclic) bond motifs is 5. The van der Waals surface area contributed by atoms with Gasteiger partial charge in [-0.05, 0) is 36.4 Å². The van der Waals surface area contributed by atoms with E-state index in [1.54, 1.807) is 54.6 Å². The largest absolute Gasteiger partial charge is 0.455 e. The van der Waals surface area contributed by atoms with Gasteiger partial charge in [-0.1, -0.05) is 48.0 Å². The van der Waals surface area contributed by atoms with Crippen LogP contribution in [0.15, 0.2) is 72.8 Å². The zero-order chi connectivity index (χ0) is 18.5. The maximum Gasteiger partial charge on any atom is 0.337 e. The number of carbonyl (C=O) groups excluding carboxylic acids is 2. The molecule has 5 rings (SSSR count). The van der Waals surface area contributed by atoms with E-state index in [0.717, 1.165) is 0 Å². The average molecular weight is 377 g/mol. The van der Waals surface area contributed by atoms with Crippen molar-refractivity contribution in [1.29, 1.82) is 0 Å². The molecule has 2 heterocycles. The summed E-state index contributed by atoms with van der Waals surface area (Å²) in [5, 5.41) is 0.459. The summed E-state index contributed by atoms with van der Waals surface area (Å²) in [6, 6.07) is 20.0. The Hall–Kier alpha value is -3.31. The SMILES string of the molecule is O=C1C2c3ccccc3Oc3ccc(Cl)cc3N2C(=O)N1c1ccccc1. The Labute approximate surface area is 160 Å². The third kappa shape index (κ3) is 2.32. The van der Waals surface area contributed by atoms with Crippen LogP contribution in [0, 0.1) is 0 Å². The fraction of sp³-hybridized carbons (Fsp3) is 0.0476. The first-order chi connectivity index (χ1) is 13.1. The lowest BCUT2D eigenvalue weighted by Gasteiger charge is -2.20. The van der Waals surface area contributed by atoms with Gasteiger partial charge in [-0.3, -0.25) is 9.69 Å². The fourth-order valence-corrected chi connectivity index (χ4v) is 3.72. The third-order valence-corrected chi connectivity index (χ3v) is 4.97. The average Bonchev–Trinajstić information content (AvgIpc) is 2.85. The molecule has 0 bridgehead atoms. The van der Waals surface area contributed by atoms with E-state index >= 15 is 0 Å². The first kappa shape index (κ1) is 15.9. The van der Waals surface area contributed by atoms with E-state index in [1.807, 2.05) is 18.2 Å². The molecule has 1 atom stereocenters. The fourth-order valence-electron chi connectivity index (χ4n) is 3.56. The van der Waals surface area contributed by atoms with Crippen LogP contribution in [0.3, 0.4) is 0 Å². The summed E-state index contributed by atoms with van der Waals surface area (Å²) in [5.41, 5.74) is 1.64. The highest BCUT2D eigenvalue weighted by atomic mass is 35.5. The molecule has 3 amide bonds. The second-order valence-electron chi connectivity index (χ2n) is 6.32. The molecule has 0 saturated carbocycles. The van der Waals surface area contributed by atoms with Gasteiger partial charge in [-0.25, -0.2) is 9.69 Å². The predicted molar refractivity (Wildman–Crippen MR) is 103 cm³/mol. The van der Waals surface area contributed by atoms with Crippen LogP contribution in [-0.4, -0.2) is 11.9 Å². The molecule has 1 saturated heterocycles. The number of anilines is 2. The number of imide groups is 1. The van der Waals surface area contributed by atoms with Gasteiger partial charge in [0.05, 0.1) is 11.4 Å². The van der Waals surface area contributed by atoms with Gasteiger partial charge in [0, 0.05) is 10.6 Å². The minimum atomic E-state index is -0.811. The van der Waals surface area contributed by atoms with Gasteiger partial charge in [0.25, 0.3) is 5.91 Å². The Bertz CT molecular complexity index is 1080. The lowest BCUT2D eigenvalue weighted by atomic mass is 10.0. The van der Waals surface area contributed by atoms with Crippen molar-refractivity contribution in [3.8, 4) is 11.5 Å². The normalized spacial score (nSPS) is 17.7. The Morgan fingerprint density at radius 3 is 2.41 bits per heavy atom. The zero-order valence-corrected chi connectivity index (χ0v) is 14.8. The number of nitrogens with zero attached hydrogens (tertiary/aromatic N) is 2. The summed E-state index contributed by atoms with van der Waals surface area (Å²) in [6.07, 6.45) is 0. The molecule has 1 fully saturated rings. The predicted octanol–water partition coefficient (Wildman–Crippen LogP) is 5.16. The van der Waals surface area contributed by atoms with Crippen molar-refractivity contribution < 1.29 is 14.3 Å². The molecule has 2 aliphatic heterocycles. The number of rotatable bonds is 1. The number of hydrogen-bond donors (Lipinski definition) is 0. The molecule has 3 aromatic carbocycles. The van der Waals surface area contributed by atoms with Gasteiger partial charge >= 0.3 is 6.03 Å². The van der Waals surface area contributed by atoms with E-state index in [1.165, 1.54) is 9.80 Å². The number of halogens is 1. The second-order valence-corrected chi connectivity index (χ2v) is 6.75. The Morgan fingerprint density at radius 2 is 1.59 bits per heavy atom. The van der Waals surface area contributed by atoms with Gasteiger partial charge in [0.2, 0.25) is 0 Å². The van der Waals surface area contributed by atoms with E-state index in [-0.39, 0.29) is 5.91 Å². The maximum atomic E-state index is 13.3. The standard InChI is InChI=1S/C21H13ClN2O3/c22-13-10-11-18-16(12-13)24-19(15-8-4-5-9-17(15)27-18)20(25)23(21(24)26)14-6-2-1-3-7-14/h1-12,19H. The second kappa shape index (κ2) is 5.86. The van der Waals surface area contributed by atoms with E-state index < -0.39 is 12.1 Å². The highest BCUT2D eigenvalue weighted by Gasteiger charge is 2.50. The molecule has 0 spiro atoms. The molecule has 5 nitrogen and oxygen atoms in total. The van der Waals surface area contributed by atoms with Crippen LogP contribution in [0.2, 0.25) is 5.02 Å². The smallest absolute Gasteiger partial charge is 0.337 e. The number of urea groups is 1. The van der Waals surface area contributed by atoms with Gasteiger partial charge < -0.3 is 4.74 Å². The summed E-state index contributed by atoms with van der Waals surface area (Å²) in [7, 11) is 0. The molecule has 132 valence electrons. The minimum absolute atomic E-state index is 0.324. The molecular weight excluding hydrogens is 364 g/mol. The van der Waals surface area contributed by atoms with Crippen LogP contribution in [0.25, 0.3) is 0 Å². The Morgan fingerprint density at radius 1 is 0.852 bits per heavy atom. The van der Waals surface area contributed by atoms with E-state index in [0.29, 0.717) is 33.5 Å². The number of amides is 3. The van der Waals surface area contributed by atoms with Crippen molar-refractivity contribution in [1.82, 2.24) is 0 Å². The highest BCUT2D eigenvalue weighted by Crippen LogP contribution is 2.49. The van der Waals surface area contributed by atoms with Crippen LogP contribution < -0.4 is 14.5 Å². The van der Waals surface area contributed by atoms with Crippen LogP contribution in [0.1, 0.15) is 11.6 Å². The van der Waals surface area contributed by atoms with Crippen LogP contribution in [0.5, 0.6) is 11.5 Å². The molecule has 0 aliphatic carbocycles. The minimum Gasteiger partial charge on any atom is -0.455 e. The van der Waals surface area contributed by atoms with Gasteiger partial charge in [-0.15, -0.1) is 0 Å². The van der Waals surface area contributed by atoms with Crippen molar-refractivity contribution in [3.05, 3.63) is 83.4 Å². The monoisotopic (exact) mass is 376 g/mol. The number of para-hydroxylation sites is 2. The molecule has 1 unspecified atom stereocenters. The topological polar surface area (TPSA) is 49.9 Å². The summed E-state index contributed by atoms with van der Waals surface area (Å²) < 4.78 is 6.01. The van der Waals surface area contributed by atoms with Crippen molar-refractivity contribution in [2.45, 2.75) is 6.04 Å². The number of ether oxygens (including phenoxy) is 1. The van der Waals surface area contributed by atoms with Crippen molar-refractivity contribution in [2.24, 2.45) is 0 Å². The van der Waals surface area contributed by atoms with Crippen LogP contribution >= 0.6 is 11.6 Å². The summed E-state index contributed by atoms with van der Waals surface area (Å²) in [4.78, 5) is 29.3. The highest BCUT2D eigenvalue weighted by molar-refractivity contribution is 6.32. The molecule has 0 radical (unpaired) electrons. The lowest BCUT2D eigenvalue weighted by Crippen LogP contribution is -2.33. The van der Waals surface area contributed by atoms with Crippen molar-refractivity contribution >= 4 is 34.9 Å². The molecular formula is C21H13ClN2O3. The van der Waals surface area contributed by atoms with Gasteiger partial charge in [0.1, 0.15) is 11.8 Å². The van der Waals surface area contributed by atoms with E-state index in [4.69, 9.17) is 16.3 Å². The first-order valence-corrected chi connectivity index (χ1v) is 8.81. The third-order valence-electron chi connectivity index (χ3n) is 4.74. The van der Waals surface area contributed by atoms with Gasteiger partial charge in [-0.2, -0.15) is 0 Å². The quantitative estimate of drug-likeness (QED) is 0.551. The summed E-state index contributed by atoms with van der Waals surface area (Å²) >= 11 is 6.18. The number of carbonyl (C=O) groups is 2. The van der Waals surface area contributed by atoms with E-state index in [9.17, 15) is 9.59 Å². The molecule has 27 heavy (non-hydrogen) atoms. The molecule has 3 aromatic rings. The molecule has 2 aliphatic rings. The van der Waals surface area contributed by atoms with Crippen molar-refractivity contribution in [2.75, 3.05) is 9.80 Å². The van der Waals surface area contributed by atoms with E-state index in [2.05, 4.69) is 0 Å². The maximum absolute atomic E-state index is 13.3.